The first kappa shape index (κ1) is 22.4. The van der Waals surface area contributed by atoms with Gasteiger partial charge in [-0.25, -0.2) is 9.97 Å². The Kier molecular flexibility index (Phi) is 6.90. The Bertz CT molecular complexity index is 1060. The van der Waals surface area contributed by atoms with Crippen LogP contribution in [0.4, 0.5) is 18.9 Å². The molecule has 30 heavy (non-hydrogen) atoms. The summed E-state index contributed by atoms with van der Waals surface area (Å²) in [5.74, 6) is -0.444. The number of carbonyl (C=O) groups excluding carboxylic acids is 1. The highest BCUT2D eigenvalue weighted by atomic mass is 35.5. The van der Waals surface area contributed by atoms with Crippen LogP contribution in [-0.2, 0) is 11.0 Å². The minimum atomic E-state index is -4.65. The summed E-state index contributed by atoms with van der Waals surface area (Å²) in [4.78, 5) is 20.3. The first-order chi connectivity index (χ1) is 14.1. The van der Waals surface area contributed by atoms with Crippen LogP contribution >= 0.6 is 35.0 Å². The fourth-order valence-corrected chi connectivity index (χ4v) is 3.49. The Labute approximate surface area is 184 Å². The number of nitrogens with one attached hydrogen (secondary N) is 1. The van der Waals surface area contributed by atoms with E-state index in [2.05, 4.69) is 15.3 Å². The summed E-state index contributed by atoms with van der Waals surface area (Å²) in [7, 11) is 0. The fourth-order valence-electron chi connectivity index (χ4n) is 2.41. The van der Waals surface area contributed by atoms with Crippen LogP contribution in [0.3, 0.4) is 0 Å². The third-order valence-electron chi connectivity index (χ3n) is 3.90. The Balaban J connectivity index is 1.83. The second kappa shape index (κ2) is 9.24. The highest BCUT2D eigenvalue weighted by Crippen LogP contribution is 2.33. The topological polar surface area (TPSA) is 54.9 Å². The molecule has 0 bridgehead atoms. The van der Waals surface area contributed by atoms with Gasteiger partial charge in [0.05, 0.1) is 21.0 Å². The van der Waals surface area contributed by atoms with Crippen molar-refractivity contribution >= 4 is 46.6 Å². The summed E-state index contributed by atoms with van der Waals surface area (Å²) in [6.07, 6.45) is -4.65. The van der Waals surface area contributed by atoms with Crippen molar-refractivity contribution in [2.45, 2.75) is 23.5 Å². The van der Waals surface area contributed by atoms with Crippen molar-refractivity contribution in [2.75, 3.05) is 5.32 Å². The molecule has 3 aromatic rings. The Hall–Kier alpha value is -2.29. The van der Waals surface area contributed by atoms with Crippen LogP contribution in [0.1, 0.15) is 12.6 Å². The largest absolute Gasteiger partial charge is 0.433 e. The van der Waals surface area contributed by atoms with Gasteiger partial charge >= 0.3 is 6.18 Å². The molecule has 0 aliphatic heterocycles. The molecule has 1 N–H and O–H groups in total. The first-order valence-corrected chi connectivity index (χ1v) is 10.2. The molecule has 0 saturated carbocycles. The van der Waals surface area contributed by atoms with Gasteiger partial charge in [0.15, 0.2) is 5.16 Å². The van der Waals surface area contributed by atoms with Crippen molar-refractivity contribution in [3.8, 4) is 11.3 Å². The van der Waals surface area contributed by atoms with E-state index in [1.165, 1.54) is 12.1 Å². The highest BCUT2D eigenvalue weighted by molar-refractivity contribution is 8.00. The van der Waals surface area contributed by atoms with Crippen LogP contribution in [0.15, 0.2) is 59.8 Å². The number of thioether (sulfide) groups is 1. The average Bonchev–Trinajstić information content (AvgIpc) is 2.70. The molecule has 4 nitrogen and oxygen atoms in total. The monoisotopic (exact) mass is 471 g/mol. The lowest BCUT2D eigenvalue weighted by molar-refractivity contribution is -0.141. The van der Waals surface area contributed by atoms with Gasteiger partial charge in [-0.3, -0.25) is 4.79 Å². The third-order valence-corrected chi connectivity index (χ3v) is 5.60. The van der Waals surface area contributed by atoms with Gasteiger partial charge in [-0.05, 0) is 31.2 Å². The average molecular weight is 472 g/mol. The van der Waals surface area contributed by atoms with Gasteiger partial charge in [0.25, 0.3) is 0 Å². The Morgan fingerprint density at radius 2 is 1.73 bits per heavy atom. The molecule has 0 fully saturated rings. The van der Waals surface area contributed by atoms with Gasteiger partial charge in [-0.1, -0.05) is 65.3 Å². The molecule has 0 spiro atoms. The summed E-state index contributed by atoms with van der Waals surface area (Å²) in [6, 6.07) is 13.9. The molecule has 1 atom stereocenters. The van der Waals surface area contributed by atoms with E-state index >= 15 is 0 Å². The van der Waals surface area contributed by atoms with E-state index in [4.69, 9.17) is 23.2 Å². The Morgan fingerprint density at radius 3 is 2.37 bits per heavy atom. The van der Waals surface area contributed by atoms with E-state index in [9.17, 15) is 18.0 Å². The van der Waals surface area contributed by atoms with E-state index in [0.29, 0.717) is 16.3 Å². The maximum Gasteiger partial charge on any atom is 0.433 e. The number of anilines is 1. The lowest BCUT2D eigenvalue weighted by atomic mass is 10.1. The molecule has 0 radical (unpaired) electrons. The number of aromatic nitrogens is 2. The molecular weight excluding hydrogens is 458 g/mol. The van der Waals surface area contributed by atoms with Gasteiger partial charge < -0.3 is 5.32 Å². The van der Waals surface area contributed by atoms with Crippen LogP contribution in [0.5, 0.6) is 0 Å². The van der Waals surface area contributed by atoms with E-state index in [0.717, 1.165) is 17.8 Å². The molecule has 0 aliphatic rings. The van der Waals surface area contributed by atoms with Crippen molar-refractivity contribution in [3.63, 3.8) is 0 Å². The van der Waals surface area contributed by atoms with Crippen molar-refractivity contribution in [1.29, 1.82) is 0 Å². The summed E-state index contributed by atoms with van der Waals surface area (Å²) in [5, 5.41) is 2.32. The van der Waals surface area contributed by atoms with Crippen LogP contribution in [0.25, 0.3) is 11.3 Å². The third kappa shape index (κ3) is 5.65. The van der Waals surface area contributed by atoms with Crippen LogP contribution in [-0.4, -0.2) is 21.1 Å². The van der Waals surface area contributed by atoms with E-state index < -0.39 is 23.0 Å². The zero-order valence-electron chi connectivity index (χ0n) is 15.4. The van der Waals surface area contributed by atoms with Crippen molar-refractivity contribution in [3.05, 3.63) is 70.3 Å². The number of amides is 1. The highest BCUT2D eigenvalue weighted by Gasteiger charge is 2.34. The van der Waals surface area contributed by atoms with Crippen molar-refractivity contribution in [1.82, 2.24) is 9.97 Å². The molecule has 2 aromatic carbocycles. The van der Waals surface area contributed by atoms with Gasteiger partial charge in [0.1, 0.15) is 5.69 Å². The number of hydrogen-bond donors (Lipinski definition) is 1. The predicted octanol–water partition coefficient (Wildman–Crippen LogP) is 6.59. The minimum Gasteiger partial charge on any atom is -0.325 e. The molecule has 10 heteroatoms. The van der Waals surface area contributed by atoms with Gasteiger partial charge in [-0.15, -0.1) is 0 Å². The van der Waals surface area contributed by atoms with Crippen LogP contribution in [0.2, 0.25) is 10.0 Å². The lowest BCUT2D eigenvalue weighted by Crippen LogP contribution is -2.23. The number of rotatable bonds is 5. The van der Waals surface area contributed by atoms with E-state index in [1.807, 2.05) is 0 Å². The minimum absolute atomic E-state index is 0.123. The number of hydrogen-bond acceptors (Lipinski definition) is 4. The maximum absolute atomic E-state index is 13.3. The van der Waals surface area contributed by atoms with Crippen molar-refractivity contribution in [2.24, 2.45) is 0 Å². The maximum atomic E-state index is 13.3. The molecular formula is C20H14Cl2F3N3OS. The fraction of sp³-hybridized carbons (Fsp3) is 0.150. The standard InChI is InChI=1S/C20H14Cl2F3N3OS/c1-11(18(29)26-13-7-8-14(21)15(22)9-13)30-19-27-16(12-5-3-2-4-6-12)10-17(28-19)20(23,24)25/h2-11H,1H3,(H,26,29). The lowest BCUT2D eigenvalue weighted by Gasteiger charge is -2.14. The van der Waals surface area contributed by atoms with E-state index in [-0.39, 0.29) is 15.9 Å². The second-order valence-electron chi connectivity index (χ2n) is 6.16. The molecule has 1 unspecified atom stereocenters. The van der Waals surface area contributed by atoms with Crippen molar-refractivity contribution < 1.29 is 18.0 Å². The van der Waals surface area contributed by atoms with Crippen LogP contribution < -0.4 is 5.32 Å². The van der Waals surface area contributed by atoms with Crippen LogP contribution in [0, 0.1) is 0 Å². The normalized spacial score (nSPS) is 12.5. The number of benzene rings is 2. The first-order valence-electron chi connectivity index (χ1n) is 8.58. The SMILES string of the molecule is CC(Sc1nc(-c2ccccc2)cc(C(F)(F)F)n1)C(=O)Nc1ccc(Cl)c(Cl)c1. The molecule has 3 rings (SSSR count). The number of halogens is 5. The molecule has 1 aromatic heterocycles. The number of alkyl halides is 3. The van der Waals surface area contributed by atoms with E-state index in [1.54, 1.807) is 43.3 Å². The number of nitrogens with zero attached hydrogens (tertiary/aromatic N) is 2. The summed E-state index contributed by atoms with van der Waals surface area (Å²) >= 11 is 12.6. The smallest absolute Gasteiger partial charge is 0.325 e. The molecule has 156 valence electrons. The summed E-state index contributed by atoms with van der Waals surface area (Å²) in [6.45, 7) is 1.54. The zero-order valence-corrected chi connectivity index (χ0v) is 17.7. The molecule has 0 saturated heterocycles. The molecule has 1 heterocycles. The van der Waals surface area contributed by atoms with Gasteiger partial charge in [0, 0.05) is 11.3 Å². The molecule has 0 aliphatic carbocycles. The quantitative estimate of drug-likeness (QED) is 0.336. The Morgan fingerprint density at radius 1 is 1.03 bits per heavy atom. The summed E-state index contributed by atoms with van der Waals surface area (Å²) < 4.78 is 39.9. The molecule has 1 amide bonds. The number of carbonyl (C=O) groups is 1. The predicted molar refractivity (Wildman–Crippen MR) is 113 cm³/mol. The zero-order chi connectivity index (χ0) is 21.9. The summed E-state index contributed by atoms with van der Waals surface area (Å²) in [5.41, 5.74) is -0.0228. The van der Waals surface area contributed by atoms with Gasteiger partial charge in [0.2, 0.25) is 5.91 Å². The van der Waals surface area contributed by atoms with Gasteiger partial charge in [-0.2, -0.15) is 13.2 Å². The second-order valence-corrected chi connectivity index (χ2v) is 8.29.